The molecule has 0 aliphatic carbocycles. The Kier molecular flexibility index (Phi) is 9.50. The average molecular weight is 259 g/mol. The number of hydrogen-bond acceptors (Lipinski definition) is 4. The van der Waals surface area contributed by atoms with Gasteiger partial charge in [0.2, 0.25) is 5.91 Å². The fraction of sp³-hybridized carbons (Fsp3) is 0.846. The van der Waals surface area contributed by atoms with Gasteiger partial charge in [0.15, 0.2) is 0 Å². The summed E-state index contributed by atoms with van der Waals surface area (Å²) >= 11 is 0. The van der Waals surface area contributed by atoms with Crippen molar-refractivity contribution >= 4 is 11.7 Å². The number of nitrogens with one attached hydrogen (secondary N) is 1. The van der Waals surface area contributed by atoms with Crippen LogP contribution in [0.4, 0.5) is 0 Å². The van der Waals surface area contributed by atoms with E-state index in [1.54, 1.807) is 0 Å². The van der Waals surface area contributed by atoms with Gasteiger partial charge in [0, 0.05) is 19.4 Å². The second kappa shape index (κ2) is 10.0. The topological polar surface area (TPSA) is 86.6 Å². The summed E-state index contributed by atoms with van der Waals surface area (Å²) in [5.41, 5.74) is 0. The summed E-state index contributed by atoms with van der Waals surface area (Å²) in [6, 6.07) is 0. The van der Waals surface area contributed by atoms with Gasteiger partial charge in [-0.3, -0.25) is 9.59 Å². The van der Waals surface area contributed by atoms with Gasteiger partial charge in [-0.25, -0.2) is 0 Å². The van der Waals surface area contributed by atoms with Crippen molar-refractivity contribution in [2.24, 2.45) is 0 Å². The maximum Gasteiger partial charge on any atom is 0.222 e. The van der Waals surface area contributed by atoms with Crippen LogP contribution in [0.3, 0.4) is 0 Å². The Bertz CT molecular complexity index is 229. The predicted molar refractivity (Wildman–Crippen MR) is 69.1 cm³/mol. The fourth-order valence-electron chi connectivity index (χ4n) is 1.45. The summed E-state index contributed by atoms with van der Waals surface area (Å²) < 4.78 is 0. The van der Waals surface area contributed by atoms with E-state index >= 15 is 0 Å². The lowest BCUT2D eigenvalue weighted by Gasteiger charge is -2.09. The second-order valence-electron chi connectivity index (χ2n) is 4.52. The third kappa shape index (κ3) is 9.13. The minimum atomic E-state index is -0.591. The minimum absolute atomic E-state index is 0.0205. The monoisotopic (exact) mass is 259 g/mol. The van der Waals surface area contributed by atoms with E-state index in [-0.39, 0.29) is 24.5 Å². The van der Waals surface area contributed by atoms with Gasteiger partial charge >= 0.3 is 0 Å². The van der Waals surface area contributed by atoms with Gasteiger partial charge < -0.3 is 15.5 Å². The van der Waals surface area contributed by atoms with Crippen LogP contribution in [-0.2, 0) is 9.59 Å². The van der Waals surface area contributed by atoms with Gasteiger partial charge in [-0.1, -0.05) is 13.8 Å². The number of hydrogen-bond donors (Lipinski definition) is 3. The third-order valence-electron chi connectivity index (χ3n) is 2.78. The van der Waals surface area contributed by atoms with Gasteiger partial charge in [-0.2, -0.15) is 0 Å². The first-order valence-electron chi connectivity index (χ1n) is 6.64. The largest absolute Gasteiger partial charge is 0.393 e. The van der Waals surface area contributed by atoms with E-state index in [1.165, 1.54) is 0 Å². The SMILES string of the molecule is CCC(O)CC(=O)CCCNC(=O)CC(O)CC. The molecule has 0 aliphatic rings. The van der Waals surface area contributed by atoms with Crippen molar-refractivity contribution in [2.45, 2.75) is 64.6 Å². The molecule has 1 amide bonds. The molecule has 0 heterocycles. The van der Waals surface area contributed by atoms with E-state index < -0.39 is 12.2 Å². The maximum absolute atomic E-state index is 11.4. The molecule has 3 N–H and O–H groups in total. The lowest BCUT2D eigenvalue weighted by molar-refractivity contribution is -0.124. The number of ketones is 1. The first-order valence-corrected chi connectivity index (χ1v) is 6.64. The average Bonchev–Trinajstić information content (AvgIpc) is 2.34. The second-order valence-corrected chi connectivity index (χ2v) is 4.52. The molecule has 2 unspecified atom stereocenters. The van der Waals surface area contributed by atoms with Crippen LogP contribution in [0.25, 0.3) is 0 Å². The standard InChI is InChI=1S/C13H25NO4/c1-3-10(15)8-12(17)6-5-7-14-13(18)9-11(16)4-2/h10-11,15-16H,3-9H2,1-2H3,(H,14,18). The van der Waals surface area contributed by atoms with Crippen LogP contribution >= 0.6 is 0 Å². The number of rotatable bonds is 10. The van der Waals surface area contributed by atoms with Crippen LogP contribution in [0.2, 0.25) is 0 Å². The highest BCUT2D eigenvalue weighted by molar-refractivity contribution is 5.79. The van der Waals surface area contributed by atoms with E-state index in [0.29, 0.717) is 32.2 Å². The molecule has 0 rings (SSSR count). The summed E-state index contributed by atoms with van der Waals surface area (Å²) in [5.74, 6) is -0.169. The molecule has 0 radical (unpaired) electrons. The summed E-state index contributed by atoms with van der Waals surface area (Å²) in [6.45, 7) is 4.08. The van der Waals surface area contributed by atoms with Crippen LogP contribution in [-0.4, -0.2) is 40.7 Å². The first-order chi connectivity index (χ1) is 8.49. The fourth-order valence-corrected chi connectivity index (χ4v) is 1.45. The Morgan fingerprint density at radius 3 is 2.17 bits per heavy atom. The quantitative estimate of drug-likeness (QED) is 0.506. The van der Waals surface area contributed by atoms with Crippen molar-refractivity contribution in [3.05, 3.63) is 0 Å². The number of Topliss-reactive ketones (excluding diaryl/α,β-unsaturated/α-hetero) is 1. The first kappa shape index (κ1) is 17.1. The Morgan fingerprint density at radius 2 is 1.61 bits per heavy atom. The lowest BCUT2D eigenvalue weighted by Crippen LogP contribution is -2.28. The highest BCUT2D eigenvalue weighted by Crippen LogP contribution is 2.02. The number of amides is 1. The normalized spacial score (nSPS) is 14.0. The molecule has 0 aromatic carbocycles. The molecule has 0 saturated carbocycles. The number of aliphatic hydroxyl groups excluding tert-OH is 2. The van der Waals surface area contributed by atoms with E-state index in [9.17, 15) is 19.8 Å². The van der Waals surface area contributed by atoms with Crippen molar-refractivity contribution in [3.8, 4) is 0 Å². The van der Waals surface area contributed by atoms with Crippen LogP contribution in [0.15, 0.2) is 0 Å². The highest BCUT2D eigenvalue weighted by Gasteiger charge is 2.10. The molecule has 0 bridgehead atoms. The van der Waals surface area contributed by atoms with Gasteiger partial charge in [0.25, 0.3) is 0 Å². The van der Waals surface area contributed by atoms with Gasteiger partial charge in [0.1, 0.15) is 5.78 Å². The van der Waals surface area contributed by atoms with Crippen LogP contribution in [0.5, 0.6) is 0 Å². The molecular formula is C13H25NO4. The summed E-state index contributed by atoms with van der Waals surface area (Å²) in [4.78, 5) is 22.7. The molecule has 0 aromatic heterocycles. The smallest absolute Gasteiger partial charge is 0.222 e. The van der Waals surface area contributed by atoms with Gasteiger partial charge in [-0.05, 0) is 19.3 Å². The van der Waals surface area contributed by atoms with Crippen LogP contribution in [0.1, 0.15) is 52.4 Å². The molecule has 0 saturated heterocycles. The van der Waals surface area contributed by atoms with Crippen molar-refractivity contribution in [1.82, 2.24) is 5.32 Å². The van der Waals surface area contributed by atoms with Crippen LogP contribution in [0, 0.1) is 0 Å². The molecule has 106 valence electrons. The van der Waals surface area contributed by atoms with Gasteiger partial charge in [0.05, 0.1) is 18.6 Å². The van der Waals surface area contributed by atoms with E-state index in [2.05, 4.69) is 5.32 Å². The molecule has 5 heteroatoms. The zero-order valence-corrected chi connectivity index (χ0v) is 11.3. The summed E-state index contributed by atoms with van der Waals surface area (Å²) in [6.07, 6.45) is 1.24. The zero-order chi connectivity index (χ0) is 14.0. The summed E-state index contributed by atoms with van der Waals surface area (Å²) in [5, 5.41) is 21.2. The Balaban J connectivity index is 3.55. The maximum atomic E-state index is 11.4. The van der Waals surface area contributed by atoms with Crippen molar-refractivity contribution in [3.63, 3.8) is 0 Å². The molecule has 0 aliphatic heterocycles. The third-order valence-corrected chi connectivity index (χ3v) is 2.78. The molecule has 5 nitrogen and oxygen atoms in total. The molecule has 0 spiro atoms. The van der Waals surface area contributed by atoms with E-state index in [0.717, 1.165) is 0 Å². The molecular weight excluding hydrogens is 234 g/mol. The van der Waals surface area contributed by atoms with E-state index in [1.807, 2.05) is 13.8 Å². The van der Waals surface area contributed by atoms with Crippen molar-refractivity contribution < 1.29 is 19.8 Å². The molecule has 0 fully saturated rings. The van der Waals surface area contributed by atoms with E-state index in [4.69, 9.17) is 0 Å². The Morgan fingerprint density at radius 1 is 1.06 bits per heavy atom. The summed E-state index contributed by atoms with van der Waals surface area (Å²) in [7, 11) is 0. The van der Waals surface area contributed by atoms with Crippen molar-refractivity contribution in [2.75, 3.05) is 6.54 Å². The zero-order valence-electron chi connectivity index (χ0n) is 11.3. The lowest BCUT2D eigenvalue weighted by atomic mass is 10.1. The van der Waals surface area contributed by atoms with Crippen molar-refractivity contribution in [1.29, 1.82) is 0 Å². The molecule has 18 heavy (non-hydrogen) atoms. The molecule has 2 atom stereocenters. The number of carbonyl (C=O) groups is 2. The van der Waals surface area contributed by atoms with Crippen LogP contribution < -0.4 is 5.32 Å². The number of carbonyl (C=O) groups excluding carboxylic acids is 2. The minimum Gasteiger partial charge on any atom is -0.393 e. The Hall–Kier alpha value is -0.940. The number of aliphatic hydroxyl groups is 2. The predicted octanol–water partition coefficient (Wildman–Crippen LogP) is 0.774. The molecule has 0 aromatic rings. The highest BCUT2D eigenvalue weighted by atomic mass is 16.3. The van der Waals surface area contributed by atoms with Gasteiger partial charge in [-0.15, -0.1) is 0 Å². The Labute approximate surface area is 109 Å².